The highest BCUT2D eigenvalue weighted by Crippen LogP contribution is 2.27. The fraction of sp³-hybridized carbons (Fsp3) is 0.385. The molecule has 0 unspecified atom stereocenters. The maximum atomic E-state index is 14.0. The normalized spacial score (nSPS) is 10.9. The molecule has 0 bridgehead atoms. The summed E-state index contributed by atoms with van der Waals surface area (Å²) in [5.74, 6) is 0.454. The molecule has 2 N–H and O–H groups in total. The zero-order valence-electron chi connectivity index (χ0n) is 11.4. The Bertz CT molecular complexity index is 561. The van der Waals surface area contributed by atoms with Gasteiger partial charge in [-0.3, -0.25) is 5.10 Å². The van der Waals surface area contributed by atoms with Crippen molar-refractivity contribution < 1.29 is 9.13 Å². The van der Waals surface area contributed by atoms with Gasteiger partial charge in [-0.2, -0.15) is 0 Å². The number of rotatable bonds is 7. The van der Waals surface area contributed by atoms with E-state index >= 15 is 0 Å². The first-order valence-electron chi connectivity index (χ1n) is 6.24. The fourth-order valence-electron chi connectivity index (χ4n) is 1.61. The van der Waals surface area contributed by atoms with E-state index in [1.807, 2.05) is 13.0 Å². The zero-order valence-corrected chi connectivity index (χ0v) is 12.3. The molecule has 2 rings (SSSR count). The van der Waals surface area contributed by atoms with Crippen molar-refractivity contribution in [1.29, 1.82) is 0 Å². The van der Waals surface area contributed by atoms with Crippen molar-refractivity contribution in [2.75, 3.05) is 20.3 Å². The van der Waals surface area contributed by atoms with E-state index in [1.165, 1.54) is 17.8 Å². The molecule has 0 amide bonds. The molecular formula is C13H17FN4OS. The number of aromatic amines is 1. The SMILES string of the molecule is COCCNCc1ccc(Sc2n[nH]c(C)n2)c(F)c1. The number of methoxy groups -OCH3 is 1. The number of aryl methyl sites for hydroxylation is 1. The monoisotopic (exact) mass is 296 g/mol. The summed E-state index contributed by atoms with van der Waals surface area (Å²) in [7, 11) is 1.65. The van der Waals surface area contributed by atoms with Crippen LogP contribution in [0, 0.1) is 12.7 Å². The van der Waals surface area contributed by atoms with Crippen molar-refractivity contribution >= 4 is 11.8 Å². The lowest BCUT2D eigenvalue weighted by Gasteiger charge is -2.06. The standard InChI is InChI=1S/C13H17FN4OS/c1-9-16-13(18-17-9)20-12-4-3-10(7-11(12)14)8-15-5-6-19-2/h3-4,7,15H,5-6,8H2,1-2H3,(H,16,17,18). The molecule has 20 heavy (non-hydrogen) atoms. The summed E-state index contributed by atoms with van der Waals surface area (Å²) in [4.78, 5) is 4.66. The molecule has 7 heteroatoms. The van der Waals surface area contributed by atoms with E-state index in [4.69, 9.17) is 4.74 Å². The van der Waals surface area contributed by atoms with Gasteiger partial charge < -0.3 is 10.1 Å². The Balaban J connectivity index is 1.95. The minimum Gasteiger partial charge on any atom is -0.383 e. The highest BCUT2D eigenvalue weighted by Gasteiger charge is 2.08. The molecule has 5 nitrogen and oxygen atoms in total. The molecular weight excluding hydrogens is 279 g/mol. The van der Waals surface area contributed by atoms with Gasteiger partial charge in [0, 0.05) is 20.2 Å². The minimum absolute atomic E-state index is 0.261. The second kappa shape index (κ2) is 7.37. The molecule has 0 fully saturated rings. The molecule has 0 radical (unpaired) electrons. The number of H-pyrrole nitrogens is 1. The van der Waals surface area contributed by atoms with Crippen LogP contribution in [0.5, 0.6) is 0 Å². The van der Waals surface area contributed by atoms with Gasteiger partial charge in [-0.15, -0.1) is 5.10 Å². The maximum absolute atomic E-state index is 14.0. The molecule has 0 aliphatic rings. The summed E-state index contributed by atoms with van der Waals surface area (Å²) in [5, 5.41) is 10.4. The summed E-state index contributed by atoms with van der Waals surface area (Å²) in [6.45, 7) is 3.80. The summed E-state index contributed by atoms with van der Waals surface area (Å²) >= 11 is 1.21. The number of benzene rings is 1. The lowest BCUT2D eigenvalue weighted by Crippen LogP contribution is -2.18. The van der Waals surface area contributed by atoms with Gasteiger partial charge in [0.15, 0.2) is 0 Å². The number of hydrogen-bond acceptors (Lipinski definition) is 5. The van der Waals surface area contributed by atoms with E-state index in [0.717, 1.165) is 12.1 Å². The summed E-state index contributed by atoms with van der Waals surface area (Å²) in [6.07, 6.45) is 0. The van der Waals surface area contributed by atoms with Crippen LogP contribution in [0.15, 0.2) is 28.3 Å². The van der Waals surface area contributed by atoms with Crippen LogP contribution in [-0.2, 0) is 11.3 Å². The van der Waals surface area contributed by atoms with Crippen molar-refractivity contribution in [3.8, 4) is 0 Å². The average molecular weight is 296 g/mol. The molecule has 0 atom stereocenters. The number of ether oxygens (including phenoxy) is 1. The van der Waals surface area contributed by atoms with E-state index in [-0.39, 0.29) is 5.82 Å². The Morgan fingerprint density at radius 1 is 1.45 bits per heavy atom. The van der Waals surface area contributed by atoms with Gasteiger partial charge in [0.2, 0.25) is 5.16 Å². The molecule has 108 valence electrons. The van der Waals surface area contributed by atoms with Crippen molar-refractivity contribution in [3.63, 3.8) is 0 Å². The largest absolute Gasteiger partial charge is 0.383 e. The Morgan fingerprint density at radius 2 is 2.30 bits per heavy atom. The summed E-state index contributed by atoms with van der Waals surface area (Å²) in [6, 6.07) is 5.17. The van der Waals surface area contributed by atoms with Crippen molar-refractivity contribution in [1.82, 2.24) is 20.5 Å². The number of nitrogens with zero attached hydrogens (tertiary/aromatic N) is 2. The van der Waals surface area contributed by atoms with E-state index < -0.39 is 0 Å². The molecule has 0 saturated carbocycles. The first-order chi connectivity index (χ1) is 9.69. The molecule has 0 spiro atoms. The van der Waals surface area contributed by atoms with Crippen molar-refractivity contribution in [3.05, 3.63) is 35.4 Å². The van der Waals surface area contributed by atoms with Gasteiger partial charge in [-0.25, -0.2) is 9.37 Å². The van der Waals surface area contributed by atoms with Crippen LogP contribution in [0.4, 0.5) is 4.39 Å². The van der Waals surface area contributed by atoms with Gasteiger partial charge in [-0.1, -0.05) is 6.07 Å². The Labute approximate surface area is 121 Å². The third-order valence-electron chi connectivity index (χ3n) is 2.59. The summed E-state index contributed by atoms with van der Waals surface area (Å²) in [5.41, 5.74) is 0.897. The maximum Gasteiger partial charge on any atom is 0.213 e. The van der Waals surface area contributed by atoms with Crippen LogP contribution in [0.1, 0.15) is 11.4 Å². The van der Waals surface area contributed by atoms with Crippen molar-refractivity contribution in [2.45, 2.75) is 23.5 Å². The van der Waals surface area contributed by atoms with Crippen LogP contribution in [0.2, 0.25) is 0 Å². The Kier molecular flexibility index (Phi) is 5.51. The number of hydrogen-bond donors (Lipinski definition) is 2. The minimum atomic E-state index is -0.261. The van der Waals surface area contributed by atoms with E-state index in [0.29, 0.717) is 29.0 Å². The molecule has 1 aromatic heterocycles. The van der Waals surface area contributed by atoms with E-state index in [1.54, 1.807) is 13.2 Å². The van der Waals surface area contributed by atoms with E-state index in [9.17, 15) is 4.39 Å². The number of nitrogens with one attached hydrogen (secondary N) is 2. The van der Waals surface area contributed by atoms with Crippen molar-refractivity contribution in [2.24, 2.45) is 0 Å². The van der Waals surface area contributed by atoms with Gasteiger partial charge in [0.25, 0.3) is 0 Å². The quantitative estimate of drug-likeness (QED) is 0.767. The summed E-state index contributed by atoms with van der Waals surface area (Å²) < 4.78 is 18.9. The molecule has 0 aliphatic heterocycles. The Morgan fingerprint density at radius 3 is 2.95 bits per heavy atom. The van der Waals surface area contributed by atoms with Gasteiger partial charge in [0.1, 0.15) is 11.6 Å². The van der Waals surface area contributed by atoms with E-state index in [2.05, 4.69) is 20.5 Å². The predicted molar refractivity (Wildman–Crippen MR) is 75.2 cm³/mol. The van der Waals surface area contributed by atoms with Crippen LogP contribution < -0.4 is 5.32 Å². The van der Waals surface area contributed by atoms with Gasteiger partial charge >= 0.3 is 0 Å². The lowest BCUT2D eigenvalue weighted by atomic mass is 10.2. The topological polar surface area (TPSA) is 62.8 Å². The molecule has 1 heterocycles. The number of aromatic nitrogens is 3. The van der Waals surface area contributed by atoms with Gasteiger partial charge in [0.05, 0.1) is 11.5 Å². The third-order valence-corrected chi connectivity index (χ3v) is 3.50. The van der Waals surface area contributed by atoms with Crippen LogP contribution in [-0.4, -0.2) is 35.4 Å². The fourth-order valence-corrected chi connectivity index (χ4v) is 2.37. The highest BCUT2D eigenvalue weighted by atomic mass is 32.2. The second-order valence-corrected chi connectivity index (χ2v) is 5.25. The molecule has 0 aliphatic carbocycles. The smallest absolute Gasteiger partial charge is 0.213 e. The lowest BCUT2D eigenvalue weighted by molar-refractivity contribution is 0.199. The molecule has 1 aromatic carbocycles. The average Bonchev–Trinajstić information content (AvgIpc) is 2.83. The van der Waals surface area contributed by atoms with Crippen LogP contribution in [0.3, 0.4) is 0 Å². The van der Waals surface area contributed by atoms with Crippen LogP contribution >= 0.6 is 11.8 Å². The zero-order chi connectivity index (χ0) is 14.4. The highest BCUT2D eigenvalue weighted by molar-refractivity contribution is 7.99. The predicted octanol–water partition coefficient (Wildman–Crippen LogP) is 2.14. The van der Waals surface area contributed by atoms with Gasteiger partial charge in [-0.05, 0) is 36.4 Å². The Hall–Kier alpha value is -1.44. The molecule has 2 aromatic rings. The van der Waals surface area contributed by atoms with Crippen LogP contribution in [0.25, 0.3) is 0 Å². The molecule has 0 saturated heterocycles. The number of halogens is 1. The third kappa shape index (κ3) is 4.29. The first-order valence-corrected chi connectivity index (χ1v) is 7.05. The second-order valence-electron chi connectivity index (χ2n) is 4.24. The first kappa shape index (κ1) is 15.0.